The van der Waals surface area contributed by atoms with Gasteiger partial charge in [-0.05, 0) is 24.7 Å². The van der Waals surface area contributed by atoms with Crippen molar-refractivity contribution in [1.82, 2.24) is 10.6 Å². The first kappa shape index (κ1) is 14.4. The van der Waals surface area contributed by atoms with Gasteiger partial charge in [-0.25, -0.2) is 4.79 Å². The van der Waals surface area contributed by atoms with E-state index in [0.29, 0.717) is 6.54 Å². The summed E-state index contributed by atoms with van der Waals surface area (Å²) < 4.78 is 0. The van der Waals surface area contributed by atoms with Crippen molar-refractivity contribution in [3.8, 4) is 0 Å². The summed E-state index contributed by atoms with van der Waals surface area (Å²) in [5.41, 5.74) is 1.03. The summed E-state index contributed by atoms with van der Waals surface area (Å²) in [5.74, 6) is -1.14. The van der Waals surface area contributed by atoms with Crippen LogP contribution in [-0.2, 0) is 11.3 Å². The molecule has 0 saturated carbocycles. The Labute approximate surface area is 111 Å². The van der Waals surface area contributed by atoms with Gasteiger partial charge < -0.3 is 20.8 Å². The van der Waals surface area contributed by atoms with E-state index in [1.807, 2.05) is 30.3 Å². The highest BCUT2D eigenvalue weighted by Crippen LogP contribution is 1.98. The Morgan fingerprint density at radius 3 is 2.50 bits per heavy atom. The number of aliphatic hydroxyl groups excluding tert-OH is 1. The summed E-state index contributed by atoms with van der Waals surface area (Å²) in [7, 11) is 0. The second kappa shape index (κ2) is 6.93. The van der Waals surface area contributed by atoms with Crippen LogP contribution in [0.4, 0.5) is 0 Å². The fraction of sp³-hybridized carbons (Fsp3) is 0.333. The molecule has 0 radical (unpaired) electrons. The van der Waals surface area contributed by atoms with E-state index in [0.717, 1.165) is 5.56 Å². The molecule has 0 fully saturated rings. The molecule has 1 aromatic carbocycles. The van der Waals surface area contributed by atoms with Gasteiger partial charge in [0.15, 0.2) is 11.2 Å². The predicted molar refractivity (Wildman–Crippen MR) is 72.1 cm³/mol. The Hall–Kier alpha value is -1.66. The monoisotopic (exact) mass is 268 g/mol. The molecule has 0 aliphatic heterocycles. The highest BCUT2D eigenvalue weighted by molar-refractivity contribution is 7.80. The molecule has 0 heterocycles. The maximum atomic E-state index is 10.8. The lowest BCUT2D eigenvalue weighted by molar-refractivity contribution is -0.141. The zero-order chi connectivity index (χ0) is 13.5. The molecule has 0 aromatic heterocycles. The molecular formula is C12H16N2O3S. The van der Waals surface area contributed by atoms with Crippen molar-refractivity contribution in [2.75, 3.05) is 0 Å². The quantitative estimate of drug-likeness (QED) is 0.582. The van der Waals surface area contributed by atoms with Crippen molar-refractivity contribution < 1.29 is 15.0 Å². The second-order valence-electron chi connectivity index (χ2n) is 3.87. The average Bonchev–Trinajstić information content (AvgIpc) is 2.34. The number of aliphatic hydroxyl groups is 1. The van der Waals surface area contributed by atoms with Gasteiger partial charge in [-0.2, -0.15) is 0 Å². The maximum Gasteiger partial charge on any atom is 0.328 e. The van der Waals surface area contributed by atoms with E-state index in [2.05, 4.69) is 10.6 Å². The van der Waals surface area contributed by atoms with Crippen molar-refractivity contribution in [2.45, 2.75) is 25.6 Å². The topological polar surface area (TPSA) is 81.6 Å². The zero-order valence-corrected chi connectivity index (χ0v) is 10.8. The fourth-order valence-corrected chi connectivity index (χ4v) is 1.56. The van der Waals surface area contributed by atoms with Crippen molar-refractivity contribution in [1.29, 1.82) is 0 Å². The lowest BCUT2D eigenvalue weighted by Gasteiger charge is -2.19. The minimum Gasteiger partial charge on any atom is -0.480 e. The van der Waals surface area contributed by atoms with E-state index < -0.39 is 18.1 Å². The summed E-state index contributed by atoms with van der Waals surface area (Å²) in [5, 5.41) is 23.8. The van der Waals surface area contributed by atoms with Crippen LogP contribution in [0.3, 0.4) is 0 Å². The van der Waals surface area contributed by atoms with Crippen LogP contribution in [0.15, 0.2) is 30.3 Å². The summed E-state index contributed by atoms with van der Waals surface area (Å²) in [6, 6.07) is 8.47. The molecular weight excluding hydrogens is 252 g/mol. The van der Waals surface area contributed by atoms with Crippen molar-refractivity contribution in [3.63, 3.8) is 0 Å². The molecule has 0 amide bonds. The van der Waals surface area contributed by atoms with Crippen LogP contribution in [-0.4, -0.2) is 33.4 Å². The molecule has 98 valence electrons. The van der Waals surface area contributed by atoms with E-state index in [1.165, 1.54) is 6.92 Å². The summed E-state index contributed by atoms with van der Waals surface area (Å²) in [4.78, 5) is 10.8. The Morgan fingerprint density at radius 1 is 1.39 bits per heavy atom. The van der Waals surface area contributed by atoms with Gasteiger partial charge in [-0.15, -0.1) is 0 Å². The van der Waals surface area contributed by atoms with Gasteiger partial charge in [0.1, 0.15) is 0 Å². The van der Waals surface area contributed by atoms with Gasteiger partial charge in [0.2, 0.25) is 0 Å². The number of hydrogen-bond donors (Lipinski definition) is 4. The third kappa shape index (κ3) is 4.68. The van der Waals surface area contributed by atoms with Crippen LogP contribution < -0.4 is 10.6 Å². The van der Waals surface area contributed by atoms with Gasteiger partial charge in [-0.3, -0.25) is 0 Å². The summed E-state index contributed by atoms with van der Waals surface area (Å²) in [6.45, 7) is 1.89. The number of hydrogen-bond acceptors (Lipinski definition) is 3. The van der Waals surface area contributed by atoms with Crippen LogP contribution in [0.2, 0.25) is 0 Å². The number of carbonyl (C=O) groups is 1. The van der Waals surface area contributed by atoms with Crippen LogP contribution in [0.5, 0.6) is 0 Å². The first-order valence-corrected chi connectivity index (χ1v) is 5.90. The summed E-state index contributed by atoms with van der Waals surface area (Å²) >= 11 is 4.97. The lowest BCUT2D eigenvalue weighted by Crippen LogP contribution is -2.50. The van der Waals surface area contributed by atoms with Gasteiger partial charge in [-0.1, -0.05) is 30.3 Å². The molecule has 0 saturated heterocycles. The van der Waals surface area contributed by atoms with E-state index >= 15 is 0 Å². The second-order valence-corrected chi connectivity index (χ2v) is 4.28. The molecule has 2 atom stereocenters. The fourth-order valence-electron chi connectivity index (χ4n) is 1.36. The molecule has 0 aliphatic rings. The van der Waals surface area contributed by atoms with Crippen molar-refractivity contribution in [3.05, 3.63) is 35.9 Å². The average molecular weight is 268 g/mol. The molecule has 18 heavy (non-hydrogen) atoms. The Bertz CT molecular complexity index is 409. The highest BCUT2D eigenvalue weighted by atomic mass is 32.1. The number of thiocarbonyl (C=S) groups is 1. The molecule has 1 rings (SSSR count). The number of carboxylic acid groups (broad SMARTS) is 1. The van der Waals surface area contributed by atoms with Crippen molar-refractivity contribution in [2.24, 2.45) is 0 Å². The highest BCUT2D eigenvalue weighted by Gasteiger charge is 2.23. The SMILES string of the molecule is CC(O)C(NC(=S)NCc1ccccc1)C(=O)O. The van der Waals surface area contributed by atoms with E-state index in [1.54, 1.807) is 0 Å². The van der Waals surface area contributed by atoms with E-state index in [4.69, 9.17) is 17.3 Å². The third-order valence-electron chi connectivity index (χ3n) is 2.33. The van der Waals surface area contributed by atoms with E-state index in [-0.39, 0.29) is 5.11 Å². The molecule has 1 aromatic rings. The predicted octanol–water partition coefficient (Wildman–Crippen LogP) is 0.485. The number of benzene rings is 1. The minimum absolute atomic E-state index is 0.201. The smallest absolute Gasteiger partial charge is 0.328 e. The van der Waals surface area contributed by atoms with Crippen LogP contribution in [0.25, 0.3) is 0 Å². The Morgan fingerprint density at radius 2 is 2.00 bits per heavy atom. The molecule has 0 bridgehead atoms. The number of aliphatic carboxylic acids is 1. The lowest BCUT2D eigenvalue weighted by atomic mass is 10.2. The zero-order valence-electron chi connectivity index (χ0n) is 9.96. The number of rotatable bonds is 5. The molecule has 6 heteroatoms. The van der Waals surface area contributed by atoms with Gasteiger partial charge in [0.25, 0.3) is 0 Å². The molecule has 0 aliphatic carbocycles. The van der Waals surface area contributed by atoms with Gasteiger partial charge in [0.05, 0.1) is 6.10 Å². The molecule has 0 spiro atoms. The van der Waals surface area contributed by atoms with E-state index in [9.17, 15) is 9.90 Å². The molecule has 4 N–H and O–H groups in total. The Balaban J connectivity index is 2.44. The molecule has 5 nitrogen and oxygen atoms in total. The standard InChI is InChI=1S/C12H16N2O3S/c1-8(15)10(11(16)17)14-12(18)13-7-9-5-3-2-4-6-9/h2-6,8,10,15H,7H2,1H3,(H,16,17)(H2,13,14,18). The molecule has 2 unspecified atom stereocenters. The first-order valence-electron chi connectivity index (χ1n) is 5.50. The van der Waals surface area contributed by atoms with Gasteiger partial charge in [0, 0.05) is 6.54 Å². The van der Waals surface area contributed by atoms with Crippen LogP contribution in [0, 0.1) is 0 Å². The minimum atomic E-state index is -1.14. The largest absolute Gasteiger partial charge is 0.480 e. The third-order valence-corrected chi connectivity index (χ3v) is 2.59. The first-order chi connectivity index (χ1) is 8.50. The van der Waals surface area contributed by atoms with Gasteiger partial charge >= 0.3 is 5.97 Å². The summed E-state index contributed by atoms with van der Waals surface area (Å²) in [6.07, 6.45) is -1.03. The number of nitrogens with one attached hydrogen (secondary N) is 2. The van der Waals surface area contributed by atoms with Crippen LogP contribution in [0.1, 0.15) is 12.5 Å². The normalized spacial score (nSPS) is 13.4. The Kier molecular flexibility index (Phi) is 5.54. The maximum absolute atomic E-state index is 10.8. The van der Waals surface area contributed by atoms with Crippen LogP contribution >= 0.6 is 12.2 Å². The van der Waals surface area contributed by atoms with Crippen molar-refractivity contribution >= 4 is 23.3 Å². The number of carboxylic acids is 1.